The van der Waals surface area contributed by atoms with Crippen LogP contribution in [0.15, 0.2) is 30.6 Å². The number of aromatic nitrogens is 2. The van der Waals surface area contributed by atoms with Gasteiger partial charge in [-0.15, -0.1) is 0 Å². The first kappa shape index (κ1) is 15.1. The van der Waals surface area contributed by atoms with Crippen LogP contribution in [-0.4, -0.2) is 29.2 Å². The van der Waals surface area contributed by atoms with E-state index in [-0.39, 0.29) is 5.69 Å². The highest BCUT2D eigenvalue weighted by atomic mass is 32.1. The summed E-state index contributed by atoms with van der Waals surface area (Å²) in [6, 6.07) is 6.03. The number of ether oxygens (including phenoxy) is 1. The third kappa shape index (κ3) is 4.33. The number of thiocarbonyl (C=S) groups is 1. The van der Waals surface area contributed by atoms with Crippen LogP contribution in [0.25, 0.3) is 0 Å². The Morgan fingerprint density at radius 1 is 1.33 bits per heavy atom. The van der Waals surface area contributed by atoms with Gasteiger partial charge in [-0.25, -0.2) is 14.4 Å². The molecule has 1 heterocycles. The van der Waals surface area contributed by atoms with Crippen LogP contribution in [0.3, 0.4) is 0 Å². The van der Waals surface area contributed by atoms with Crippen molar-refractivity contribution in [3.8, 4) is 11.6 Å². The number of nitrogens with one attached hydrogen (secondary N) is 3. The van der Waals surface area contributed by atoms with Crippen LogP contribution in [0.2, 0.25) is 0 Å². The second-order valence-corrected chi connectivity index (χ2v) is 4.19. The van der Waals surface area contributed by atoms with Crippen molar-refractivity contribution >= 4 is 29.2 Å². The first-order valence-electron chi connectivity index (χ1n) is 6.11. The molecule has 1 aromatic heterocycles. The molecule has 0 aliphatic carbocycles. The van der Waals surface area contributed by atoms with Crippen LogP contribution in [0.4, 0.5) is 15.9 Å². The lowest BCUT2D eigenvalue weighted by Gasteiger charge is -2.08. The molecule has 0 saturated heterocycles. The van der Waals surface area contributed by atoms with Gasteiger partial charge >= 0.3 is 0 Å². The SMILES string of the molecule is CNCNc1cc(Oc2ccc(NC=S)c(F)c2)ncn1. The van der Waals surface area contributed by atoms with Crippen LogP contribution in [0, 0.1) is 5.82 Å². The van der Waals surface area contributed by atoms with E-state index in [0.717, 1.165) is 0 Å². The van der Waals surface area contributed by atoms with Gasteiger partial charge in [-0.1, -0.05) is 12.2 Å². The molecule has 0 atom stereocenters. The molecule has 0 bridgehead atoms. The van der Waals surface area contributed by atoms with Crippen molar-refractivity contribution in [1.82, 2.24) is 15.3 Å². The number of nitrogens with zero attached hydrogens (tertiary/aromatic N) is 2. The molecule has 2 aromatic rings. The smallest absolute Gasteiger partial charge is 0.224 e. The van der Waals surface area contributed by atoms with Gasteiger partial charge in [0.2, 0.25) is 5.88 Å². The van der Waals surface area contributed by atoms with Crippen molar-refractivity contribution in [3.05, 3.63) is 36.4 Å². The average Bonchev–Trinajstić information content (AvgIpc) is 2.48. The molecule has 0 radical (unpaired) electrons. The van der Waals surface area contributed by atoms with Crippen LogP contribution in [0.5, 0.6) is 11.6 Å². The zero-order valence-corrected chi connectivity index (χ0v) is 12.1. The molecule has 0 amide bonds. The molecule has 1 aromatic carbocycles. The van der Waals surface area contributed by atoms with Crippen LogP contribution in [0.1, 0.15) is 0 Å². The maximum atomic E-state index is 13.7. The number of anilines is 2. The van der Waals surface area contributed by atoms with E-state index in [1.165, 1.54) is 24.0 Å². The Hall–Kier alpha value is -2.32. The Bertz CT molecular complexity index is 625. The third-order valence-electron chi connectivity index (χ3n) is 2.47. The van der Waals surface area contributed by atoms with Gasteiger partial charge in [0.15, 0.2) is 0 Å². The van der Waals surface area contributed by atoms with E-state index in [0.29, 0.717) is 24.1 Å². The lowest BCUT2D eigenvalue weighted by molar-refractivity contribution is 0.457. The Morgan fingerprint density at radius 2 is 2.19 bits per heavy atom. The van der Waals surface area contributed by atoms with E-state index in [2.05, 4.69) is 38.1 Å². The molecule has 3 N–H and O–H groups in total. The maximum Gasteiger partial charge on any atom is 0.224 e. The van der Waals surface area contributed by atoms with E-state index >= 15 is 0 Å². The zero-order valence-electron chi connectivity index (χ0n) is 11.3. The summed E-state index contributed by atoms with van der Waals surface area (Å²) in [5, 5.41) is 8.56. The minimum atomic E-state index is -0.462. The van der Waals surface area contributed by atoms with Gasteiger partial charge in [0.25, 0.3) is 0 Å². The van der Waals surface area contributed by atoms with E-state index in [1.54, 1.807) is 12.1 Å². The Balaban J connectivity index is 2.10. The highest BCUT2D eigenvalue weighted by Crippen LogP contribution is 2.24. The largest absolute Gasteiger partial charge is 0.439 e. The maximum absolute atomic E-state index is 13.7. The van der Waals surface area contributed by atoms with Crippen molar-refractivity contribution in [2.24, 2.45) is 0 Å². The Morgan fingerprint density at radius 3 is 2.90 bits per heavy atom. The molecule has 0 spiro atoms. The molecule has 8 heteroatoms. The number of hydrogen-bond acceptors (Lipinski definition) is 6. The number of rotatable bonds is 7. The standard InChI is InChI=1S/C13H14FN5OS/c1-15-6-16-12-5-13(18-7-17-12)20-9-2-3-11(19-8-21)10(14)4-9/h2-5,7-8,15H,6H2,1H3,(H,19,21)(H,16,17,18). The normalized spacial score (nSPS) is 10.0. The molecule has 0 saturated carbocycles. The molecule has 0 aliphatic heterocycles. The van der Waals surface area contributed by atoms with Gasteiger partial charge in [-0.05, 0) is 19.2 Å². The van der Waals surface area contributed by atoms with Crippen molar-refractivity contribution in [3.63, 3.8) is 0 Å². The lowest BCUT2D eigenvalue weighted by atomic mass is 10.3. The van der Waals surface area contributed by atoms with Crippen LogP contribution >= 0.6 is 12.2 Å². The van der Waals surface area contributed by atoms with Gasteiger partial charge in [0.1, 0.15) is 23.7 Å². The monoisotopic (exact) mass is 307 g/mol. The van der Waals surface area contributed by atoms with Crippen molar-refractivity contribution < 1.29 is 9.13 Å². The summed E-state index contributed by atoms with van der Waals surface area (Å²) in [5.41, 5.74) is 1.53. The van der Waals surface area contributed by atoms with E-state index in [1.807, 2.05) is 7.05 Å². The predicted molar refractivity (Wildman–Crippen MR) is 83.3 cm³/mol. The van der Waals surface area contributed by atoms with Gasteiger partial charge < -0.3 is 20.7 Å². The number of hydrogen-bond donors (Lipinski definition) is 3. The minimum Gasteiger partial charge on any atom is -0.439 e. The summed E-state index contributed by atoms with van der Waals surface area (Å²) in [7, 11) is 1.81. The highest BCUT2D eigenvalue weighted by Gasteiger charge is 2.06. The first-order valence-corrected chi connectivity index (χ1v) is 6.58. The summed E-state index contributed by atoms with van der Waals surface area (Å²) in [6.45, 7) is 0.559. The fourth-order valence-electron chi connectivity index (χ4n) is 1.53. The Labute approximate surface area is 126 Å². The second-order valence-electron chi connectivity index (χ2n) is 3.95. The molecule has 110 valence electrons. The molecule has 0 unspecified atom stereocenters. The highest BCUT2D eigenvalue weighted by molar-refractivity contribution is 7.79. The van der Waals surface area contributed by atoms with E-state index < -0.39 is 5.82 Å². The summed E-state index contributed by atoms with van der Waals surface area (Å²) < 4.78 is 19.2. The molecule has 0 fully saturated rings. The quantitative estimate of drug-likeness (QED) is 0.536. The fourth-order valence-corrected chi connectivity index (χ4v) is 1.66. The van der Waals surface area contributed by atoms with Crippen molar-refractivity contribution in [2.75, 3.05) is 24.3 Å². The number of benzene rings is 1. The molecular formula is C13H14FN5OS. The van der Waals surface area contributed by atoms with E-state index in [4.69, 9.17) is 4.74 Å². The third-order valence-corrected chi connectivity index (χ3v) is 2.58. The Kier molecular flexibility index (Phi) is 5.35. The van der Waals surface area contributed by atoms with E-state index in [9.17, 15) is 4.39 Å². The second kappa shape index (κ2) is 7.46. The van der Waals surface area contributed by atoms with Gasteiger partial charge in [0.05, 0.1) is 17.8 Å². The summed E-state index contributed by atoms with van der Waals surface area (Å²) in [6.07, 6.45) is 1.37. The summed E-state index contributed by atoms with van der Waals surface area (Å²) in [4.78, 5) is 8.01. The molecule has 21 heavy (non-hydrogen) atoms. The van der Waals surface area contributed by atoms with Gasteiger partial charge in [-0.2, -0.15) is 0 Å². The lowest BCUT2D eigenvalue weighted by Crippen LogP contribution is -2.17. The molecule has 0 aliphatic rings. The zero-order chi connectivity index (χ0) is 15.1. The topological polar surface area (TPSA) is 71.1 Å². The van der Waals surface area contributed by atoms with Gasteiger partial charge in [0, 0.05) is 12.1 Å². The predicted octanol–water partition coefficient (Wildman–Crippen LogP) is 2.37. The van der Waals surface area contributed by atoms with Crippen molar-refractivity contribution in [1.29, 1.82) is 0 Å². The number of halogens is 1. The first-order chi connectivity index (χ1) is 10.2. The molecule has 6 nitrogen and oxygen atoms in total. The average molecular weight is 307 g/mol. The summed E-state index contributed by atoms with van der Waals surface area (Å²) in [5.74, 6) is 0.796. The molecule has 2 rings (SSSR count). The van der Waals surface area contributed by atoms with Crippen LogP contribution in [-0.2, 0) is 0 Å². The van der Waals surface area contributed by atoms with Gasteiger partial charge in [-0.3, -0.25) is 0 Å². The van der Waals surface area contributed by atoms with Crippen LogP contribution < -0.4 is 20.7 Å². The minimum absolute atomic E-state index is 0.288. The van der Waals surface area contributed by atoms with Crippen molar-refractivity contribution in [2.45, 2.75) is 0 Å². The molecular weight excluding hydrogens is 293 g/mol. The fraction of sp³-hybridized carbons (Fsp3) is 0.154. The summed E-state index contributed by atoms with van der Waals surface area (Å²) >= 11 is 4.62.